The van der Waals surface area contributed by atoms with Crippen molar-refractivity contribution < 1.29 is 9.47 Å². The molecule has 1 rings (SSSR count). The summed E-state index contributed by atoms with van der Waals surface area (Å²) in [4.78, 5) is 0. The SMILES string of the molecule is CC(C)=CCC/C(CCC[C@@H](C)OC1CCCCO1)=N/N(C)C. The van der Waals surface area contributed by atoms with Crippen molar-refractivity contribution in [3.05, 3.63) is 11.6 Å². The van der Waals surface area contributed by atoms with Crippen molar-refractivity contribution in [1.29, 1.82) is 0 Å². The molecular weight excluding hydrogens is 288 g/mol. The predicted molar refractivity (Wildman–Crippen MR) is 97.8 cm³/mol. The largest absolute Gasteiger partial charge is 0.353 e. The molecule has 23 heavy (non-hydrogen) atoms. The molecule has 1 aliphatic heterocycles. The first kappa shape index (κ1) is 20.2. The Morgan fingerprint density at radius 2 is 2.09 bits per heavy atom. The highest BCUT2D eigenvalue weighted by Crippen LogP contribution is 2.18. The lowest BCUT2D eigenvalue weighted by molar-refractivity contribution is -0.185. The van der Waals surface area contributed by atoms with Crippen LogP contribution in [-0.2, 0) is 9.47 Å². The van der Waals surface area contributed by atoms with E-state index in [0.29, 0.717) is 0 Å². The van der Waals surface area contributed by atoms with E-state index in [0.717, 1.165) is 45.1 Å². The van der Waals surface area contributed by atoms with Crippen LogP contribution in [0.4, 0.5) is 0 Å². The van der Waals surface area contributed by atoms with Crippen molar-refractivity contribution in [3.63, 3.8) is 0 Å². The van der Waals surface area contributed by atoms with Crippen molar-refractivity contribution in [2.45, 2.75) is 84.5 Å². The van der Waals surface area contributed by atoms with Crippen molar-refractivity contribution in [1.82, 2.24) is 5.01 Å². The summed E-state index contributed by atoms with van der Waals surface area (Å²) < 4.78 is 11.6. The standard InChI is InChI=1S/C19H36N2O2/c1-16(2)10-8-12-18(20-21(4)5)13-9-11-17(3)23-19-14-6-7-15-22-19/h10,17,19H,6-9,11-15H2,1-5H3/b20-18-/t17-,19?/m1/s1. The molecule has 2 atom stereocenters. The molecule has 0 amide bonds. The average molecular weight is 325 g/mol. The molecule has 0 aliphatic carbocycles. The van der Waals surface area contributed by atoms with Crippen LogP contribution in [0.15, 0.2) is 16.8 Å². The van der Waals surface area contributed by atoms with Gasteiger partial charge in [0.25, 0.3) is 0 Å². The van der Waals surface area contributed by atoms with Gasteiger partial charge in [-0.15, -0.1) is 0 Å². The molecule has 1 fully saturated rings. The average Bonchev–Trinajstić information content (AvgIpc) is 2.47. The van der Waals surface area contributed by atoms with Crippen LogP contribution >= 0.6 is 0 Å². The minimum atomic E-state index is 0.0197. The third-order valence-electron chi connectivity index (χ3n) is 3.92. The summed E-state index contributed by atoms with van der Waals surface area (Å²) in [6, 6.07) is 0. The summed E-state index contributed by atoms with van der Waals surface area (Å²) in [5, 5.41) is 6.55. The fourth-order valence-corrected chi connectivity index (χ4v) is 2.77. The number of rotatable bonds is 10. The molecule has 0 aromatic heterocycles. The monoisotopic (exact) mass is 324 g/mol. The van der Waals surface area contributed by atoms with Gasteiger partial charge < -0.3 is 14.5 Å². The van der Waals surface area contributed by atoms with Gasteiger partial charge in [0.1, 0.15) is 0 Å². The van der Waals surface area contributed by atoms with E-state index < -0.39 is 0 Å². The zero-order valence-electron chi connectivity index (χ0n) is 15.8. The summed E-state index contributed by atoms with van der Waals surface area (Å²) in [6.07, 6.45) is 11.4. The van der Waals surface area contributed by atoms with Gasteiger partial charge in [-0.1, -0.05) is 11.6 Å². The highest BCUT2D eigenvalue weighted by atomic mass is 16.7. The van der Waals surface area contributed by atoms with Gasteiger partial charge in [0.15, 0.2) is 6.29 Å². The van der Waals surface area contributed by atoms with E-state index in [9.17, 15) is 0 Å². The van der Waals surface area contributed by atoms with Gasteiger partial charge in [-0.2, -0.15) is 5.10 Å². The zero-order chi connectivity index (χ0) is 17.1. The van der Waals surface area contributed by atoms with Gasteiger partial charge in [-0.3, -0.25) is 0 Å². The molecule has 0 spiro atoms. The molecule has 0 bridgehead atoms. The summed E-state index contributed by atoms with van der Waals surface area (Å²) in [7, 11) is 3.99. The smallest absolute Gasteiger partial charge is 0.157 e. The summed E-state index contributed by atoms with van der Waals surface area (Å²) in [6.45, 7) is 7.30. The van der Waals surface area contributed by atoms with Gasteiger partial charge in [0.2, 0.25) is 0 Å². The molecule has 0 N–H and O–H groups in total. The Morgan fingerprint density at radius 1 is 1.30 bits per heavy atom. The van der Waals surface area contributed by atoms with E-state index in [1.165, 1.54) is 24.1 Å². The molecule has 0 aromatic rings. The number of ether oxygens (including phenoxy) is 2. The van der Waals surface area contributed by atoms with E-state index in [1.807, 2.05) is 19.1 Å². The van der Waals surface area contributed by atoms with Gasteiger partial charge in [-0.05, 0) is 72.1 Å². The minimum Gasteiger partial charge on any atom is -0.353 e. The molecule has 1 heterocycles. The molecule has 0 saturated carbocycles. The van der Waals surface area contributed by atoms with Crippen molar-refractivity contribution in [2.24, 2.45) is 5.10 Å². The van der Waals surface area contributed by atoms with Crippen molar-refractivity contribution in [3.8, 4) is 0 Å². The van der Waals surface area contributed by atoms with Crippen molar-refractivity contribution >= 4 is 5.71 Å². The van der Waals surface area contributed by atoms with Crippen LogP contribution in [0.5, 0.6) is 0 Å². The molecule has 1 unspecified atom stereocenters. The first-order valence-corrected chi connectivity index (χ1v) is 9.11. The predicted octanol–water partition coefficient (Wildman–Crippen LogP) is 4.75. The minimum absolute atomic E-state index is 0.0197. The summed E-state index contributed by atoms with van der Waals surface area (Å²) in [5.41, 5.74) is 2.66. The van der Waals surface area contributed by atoms with Crippen LogP contribution in [0.1, 0.15) is 72.1 Å². The van der Waals surface area contributed by atoms with Crippen LogP contribution < -0.4 is 0 Å². The molecule has 0 radical (unpaired) electrons. The van der Waals surface area contributed by atoms with Crippen LogP contribution in [0, 0.1) is 0 Å². The van der Waals surface area contributed by atoms with Gasteiger partial charge in [0, 0.05) is 26.4 Å². The van der Waals surface area contributed by atoms with Gasteiger partial charge in [0.05, 0.1) is 6.10 Å². The highest BCUT2D eigenvalue weighted by Gasteiger charge is 2.17. The Labute approximate surface area is 142 Å². The summed E-state index contributed by atoms with van der Waals surface area (Å²) >= 11 is 0. The Morgan fingerprint density at radius 3 is 2.70 bits per heavy atom. The second-order valence-corrected chi connectivity index (χ2v) is 6.97. The molecule has 1 saturated heterocycles. The van der Waals surface area contributed by atoms with E-state index >= 15 is 0 Å². The number of hydrogen-bond donors (Lipinski definition) is 0. The number of nitrogens with zero attached hydrogens (tertiary/aromatic N) is 2. The van der Waals surface area contributed by atoms with Crippen LogP contribution in [0.3, 0.4) is 0 Å². The molecule has 4 heteroatoms. The molecule has 0 aromatic carbocycles. The van der Waals surface area contributed by atoms with Crippen LogP contribution in [0.2, 0.25) is 0 Å². The molecule has 4 nitrogen and oxygen atoms in total. The lowest BCUT2D eigenvalue weighted by Gasteiger charge is -2.26. The second-order valence-electron chi connectivity index (χ2n) is 6.97. The van der Waals surface area contributed by atoms with Crippen LogP contribution in [0.25, 0.3) is 0 Å². The fourth-order valence-electron chi connectivity index (χ4n) is 2.77. The quantitative estimate of drug-likeness (QED) is 0.330. The Balaban J connectivity index is 2.28. The van der Waals surface area contributed by atoms with Gasteiger partial charge in [-0.25, -0.2) is 0 Å². The molecule has 1 aliphatic rings. The van der Waals surface area contributed by atoms with Crippen LogP contribution in [-0.4, -0.2) is 43.8 Å². The summed E-state index contributed by atoms with van der Waals surface area (Å²) in [5.74, 6) is 0. The second kappa shape index (κ2) is 11.6. The van der Waals surface area contributed by atoms with E-state index in [1.54, 1.807) is 0 Å². The maximum Gasteiger partial charge on any atom is 0.157 e. The topological polar surface area (TPSA) is 34.1 Å². The third kappa shape index (κ3) is 10.5. The third-order valence-corrected chi connectivity index (χ3v) is 3.92. The maximum atomic E-state index is 5.98. The van der Waals surface area contributed by atoms with Crippen molar-refractivity contribution in [2.75, 3.05) is 20.7 Å². The first-order valence-electron chi connectivity index (χ1n) is 9.11. The number of hydrogen-bond acceptors (Lipinski definition) is 4. The Hall–Kier alpha value is -0.870. The van der Waals surface area contributed by atoms with E-state index in [-0.39, 0.29) is 12.4 Å². The fraction of sp³-hybridized carbons (Fsp3) is 0.842. The number of allylic oxidation sites excluding steroid dienone is 2. The van der Waals surface area contributed by atoms with Gasteiger partial charge >= 0.3 is 0 Å². The van der Waals surface area contributed by atoms with E-state index in [2.05, 4.69) is 31.9 Å². The van der Waals surface area contributed by atoms with E-state index in [4.69, 9.17) is 9.47 Å². The normalized spacial score (nSPS) is 20.2. The lowest BCUT2D eigenvalue weighted by Crippen LogP contribution is -2.26. The first-order chi connectivity index (χ1) is 11.0. The highest BCUT2D eigenvalue weighted by molar-refractivity contribution is 5.84. The molecular formula is C19H36N2O2. The lowest BCUT2D eigenvalue weighted by atomic mass is 10.1. The maximum absolute atomic E-state index is 5.98. The zero-order valence-corrected chi connectivity index (χ0v) is 15.8. The Kier molecular flexibility index (Phi) is 10.2. The number of hydrazone groups is 1. The molecule has 134 valence electrons. The Bertz CT molecular complexity index is 368.